The maximum absolute atomic E-state index is 13.4. The lowest BCUT2D eigenvalue weighted by molar-refractivity contribution is -0.121. The average Bonchev–Trinajstić information content (AvgIpc) is 2.85. The number of ether oxygens (including phenoxy) is 3. The number of carbonyl (C=O) groups excluding carboxylic acids is 2. The first-order valence-corrected chi connectivity index (χ1v) is 10.7. The number of aryl methyl sites for hydroxylation is 1. The van der Waals surface area contributed by atoms with E-state index in [2.05, 4.69) is 10.6 Å². The van der Waals surface area contributed by atoms with E-state index < -0.39 is 11.7 Å². The van der Waals surface area contributed by atoms with Crippen molar-refractivity contribution in [2.24, 2.45) is 0 Å². The Hall–Kier alpha value is -4.07. The van der Waals surface area contributed by atoms with Gasteiger partial charge in [-0.25, -0.2) is 4.39 Å². The highest BCUT2D eigenvalue weighted by Gasteiger charge is 2.16. The Morgan fingerprint density at radius 3 is 2.35 bits per heavy atom. The molecule has 0 aliphatic rings. The molecule has 2 amide bonds. The number of anilines is 1. The molecule has 0 bridgehead atoms. The highest BCUT2D eigenvalue weighted by atomic mass is 19.1. The Kier molecular flexibility index (Phi) is 8.45. The van der Waals surface area contributed by atoms with Crippen molar-refractivity contribution in [1.82, 2.24) is 5.32 Å². The summed E-state index contributed by atoms with van der Waals surface area (Å²) in [5.74, 6) is 0.554. The first kappa shape index (κ1) is 24.6. The number of hydrogen-bond donors (Lipinski definition) is 2. The topological polar surface area (TPSA) is 85.9 Å². The normalized spacial score (nSPS) is 10.4. The minimum atomic E-state index is -0.477. The van der Waals surface area contributed by atoms with Gasteiger partial charge in [-0.05, 0) is 53.9 Å². The summed E-state index contributed by atoms with van der Waals surface area (Å²) >= 11 is 0. The van der Waals surface area contributed by atoms with Crippen LogP contribution >= 0.6 is 0 Å². The van der Waals surface area contributed by atoms with E-state index in [1.54, 1.807) is 38.5 Å². The molecule has 3 rings (SSSR count). The van der Waals surface area contributed by atoms with Crippen LogP contribution in [-0.4, -0.2) is 33.1 Å². The largest absolute Gasteiger partial charge is 0.493 e. The average molecular weight is 467 g/mol. The van der Waals surface area contributed by atoms with Crippen molar-refractivity contribution in [3.8, 4) is 17.2 Å². The molecule has 0 saturated heterocycles. The number of methoxy groups -OCH3 is 3. The molecule has 0 unspecified atom stereocenters. The lowest BCUT2D eigenvalue weighted by Crippen LogP contribution is -2.23. The summed E-state index contributed by atoms with van der Waals surface area (Å²) < 4.78 is 29.5. The lowest BCUT2D eigenvalue weighted by Gasteiger charge is -2.15. The summed E-state index contributed by atoms with van der Waals surface area (Å²) in [6, 6.07) is 16.2. The molecule has 0 atom stereocenters. The zero-order chi connectivity index (χ0) is 24.5. The van der Waals surface area contributed by atoms with Crippen molar-refractivity contribution in [2.75, 3.05) is 26.6 Å². The van der Waals surface area contributed by atoms with Gasteiger partial charge in [0.25, 0.3) is 5.91 Å². The molecule has 0 fully saturated rings. The molecular formula is C26H27FN2O5. The fraction of sp³-hybridized carbons (Fsp3) is 0.231. The molecule has 0 radical (unpaired) electrons. The molecule has 0 spiro atoms. The summed E-state index contributed by atoms with van der Waals surface area (Å²) in [6.07, 6.45) is 0.709. The third kappa shape index (κ3) is 6.25. The number of rotatable bonds is 10. The van der Waals surface area contributed by atoms with Gasteiger partial charge in [0.2, 0.25) is 11.7 Å². The van der Waals surface area contributed by atoms with Gasteiger partial charge in [0.15, 0.2) is 11.5 Å². The van der Waals surface area contributed by atoms with Crippen LogP contribution in [0.3, 0.4) is 0 Å². The monoisotopic (exact) mass is 466 g/mol. The number of benzene rings is 3. The second kappa shape index (κ2) is 11.7. The Morgan fingerprint density at radius 2 is 1.65 bits per heavy atom. The molecule has 178 valence electrons. The zero-order valence-electron chi connectivity index (χ0n) is 19.3. The van der Waals surface area contributed by atoms with Gasteiger partial charge in [-0.15, -0.1) is 0 Å². The molecule has 0 aliphatic heterocycles. The summed E-state index contributed by atoms with van der Waals surface area (Å²) in [5.41, 5.74) is 2.42. The molecule has 0 aliphatic carbocycles. The van der Waals surface area contributed by atoms with Gasteiger partial charge in [0.1, 0.15) is 5.82 Å². The van der Waals surface area contributed by atoms with Crippen LogP contribution in [0.1, 0.15) is 27.9 Å². The molecule has 2 N–H and O–H groups in total. The first-order chi connectivity index (χ1) is 16.4. The Bertz CT molecular complexity index is 1170. The minimum absolute atomic E-state index is 0.133. The molecule has 7 nitrogen and oxygen atoms in total. The summed E-state index contributed by atoms with van der Waals surface area (Å²) in [5, 5.41) is 5.62. The molecular weight excluding hydrogens is 439 g/mol. The van der Waals surface area contributed by atoms with E-state index in [9.17, 15) is 14.0 Å². The SMILES string of the molecule is COc1ccc(CCC(=O)NCc2cccc(NC(=O)c3cccc(F)c3)c2)c(OC)c1OC. The molecule has 8 heteroatoms. The molecule has 3 aromatic rings. The second-order valence-corrected chi connectivity index (χ2v) is 7.44. The van der Waals surface area contributed by atoms with Crippen LogP contribution in [0, 0.1) is 5.82 Å². The molecule has 0 saturated carbocycles. The van der Waals surface area contributed by atoms with Crippen LogP contribution in [0.15, 0.2) is 60.7 Å². The standard InChI is InChI=1S/C26H27FN2O5/c1-32-22-12-10-18(24(33-2)25(22)34-3)11-13-23(30)28-16-17-6-4-9-21(14-17)29-26(31)19-7-5-8-20(27)15-19/h4-10,12,14-15H,11,13,16H2,1-3H3,(H,28,30)(H,29,31). The van der Waals surface area contributed by atoms with Crippen molar-refractivity contribution in [1.29, 1.82) is 0 Å². The van der Waals surface area contributed by atoms with Gasteiger partial charge in [-0.1, -0.05) is 24.3 Å². The fourth-order valence-electron chi connectivity index (χ4n) is 3.49. The first-order valence-electron chi connectivity index (χ1n) is 10.7. The number of carbonyl (C=O) groups is 2. The van der Waals surface area contributed by atoms with E-state index in [1.165, 1.54) is 31.4 Å². The van der Waals surface area contributed by atoms with Crippen LogP contribution < -0.4 is 24.8 Å². The number of hydrogen-bond acceptors (Lipinski definition) is 5. The van der Waals surface area contributed by atoms with Gasteiger partial charge in [-0.3, -0.25) is 9.59 Å². The number of nitrogens with one attached hydrogen (secondary N) is 2. The number of halogens is 1. The number of amides is 2. The highest BCUT2D eigenvalue weighted by Crippen LogP contribution is 2.40. The quantitative estimate of drug-likeness (QED) is 0.464. The second-order valence-electron chi connectivity index (χ2n) is 7.44. The lowest BCUT2D eigenvalue weighted by atomic mass is 10.1. The zero-order valence-corrected chi connectivity index (χ0v) is 19.3. The van der Waals surface area contributed by atoms with Crippen LogP contribution in [-0.2, 0) is 17.8 Å². The Balaban J connectivity index is 1.56. The summed E-state index contributed by atoms with van der Waals surface area (Å²) in [4.78, 5) is 24.8. The van der Waals surface area contributed by atoms with Crippen molar-refractivity contribution in [2.45, 2.75) is 19.4 Å². The van der Waals surface area contributed by atoms with Crippen molar-refractivity contribution in [3.05, 3.63) is 83.2 Å². The van der Waals surface area contributed by atoms with Gasteiger partial charge in [0.05, 0.1) is 21.3 Å². The van der Waals surface area contributed by atoms with Crippen molar-refractivity contribution in [3.63, 3.8) is 0 Å². The van der Waals surface area contributed by atoms with E-state index >= 15 is 0 Å². The predicted octanol–water partition coefficient (Wildman–Crippen LogP) is 4.35. The minimum Gasteiger partial charge on any atom is -0.493 e. The van der Waals surface area contributed by atoms with E-state index in [4.69, 9.17) is 14.2 Å². The van der Waals surface area contributed by atoms with E-state index in [-0.39, 0.29) is 17.9 Å². The van der Waals surface area contributed by atoms with E-state index in [0.29, 0.717) is 35.9 Å². The van der Waals surface area contributed by atoms with Crippen molar-refractivity contribution >= 4 is 17.5 Å². The summed E-state index contributed by atoms with van der Waals surface area (Å²) in [7, 11) is 4.62. The Labute approximate surface area is 197 Å². The van der Waals surface area contributed by atoms with Gasteiger partial charge >= 0.3 is 0 Å². The third-order valence-electron chi connectivity index (χ3n) is 5.17. The molecule has 0 aromatic heterocycles. The van der Waals surface area contributed by atoms with E-state index in [0.717, 1.165) is 11.1 Å². The van der Waals surface area contributed by atoms with Gasteiger partial charge in [0, 0.05) is 24.2 Å². The van der Waals surface area contributed by atoms with Crippen LogP contribution in [0.25, 0.3) is 0 Å². The smallest absolute Gasteiger partial charge is 0.255 e. The third-order valence-corrected chi connectivity index (χ3v) is 5.17. The molecule has 0 heterocycles. The van der Waals surface area contributed by atoms with Crippen LogP contribution in [0.2, 0.25) is 0 Å². The summed E-state index contributed by atoms with van der Waals surface area (Å²) in [6.45, 7) is 0.297. The maximum atomic E-state index is 13.4. The van der Waals surface area contributed by atoms with Crippen molar-refractivity contribution < 1.29 is 28.2 Å². The van der Waals surface area contributed by atoms with Gasteiger partial charge < -0.3 is 24.8 Å². The van der Waals surface area contributed by atoms with E-state index in [1.807, 2.05) is 12.1 Å². The maximum Gasteiger partial charge on any atom is 0.255 e. The predicted molar refractivity (Wildman–Crippen MR) is 127 cm³/mol. The highest BCUT2D eigenvalue weighted by molar-refractivity contribution is 6.04. The Morgan fingerprint density at radius 1 is 0.882 bits per heavy atom. The van der Waals surface area contributed by atoms with Gasteiger partial charge in [-0.2, -0.15) is 0 Å². The molecule has 34 heavy (non-hydrogen) atoms. The van der Waals surface area contributed by atoms with Crippen LogP contribution in [0.4, 0.5) is 10.1 Å². The fourth-order valence-corrected chi connectivity index (χ4v) is 3.49. The van der Waals surface area contributed by atoms with Crippen LogP contribution in [0.5, 0.6) is 17.2 Å². The molecule has 3 aromatic carbocycles.